The summed E-state index contributed by atoms with van der Waals surface area (Å²) in [7, 11) is 4.68. The molecule has 0 fully saturated rings. The zero-order valence-corrected chi connectivity index (χ0v) is 24.6. The van der Waals surface area contributed by atoms with Crippen LogP contribution in [0.3, 0.4) is 0 Å². The fourth-order valence-corrected chi connectivity index (χ4v) is 5.95. The number of amides is 1. The highest BCUT2D eigenvalue weighted by Crippen LogP contribution is 2.45. The number of aromatic nitrogens is 7. The van der Waals surface area contributed by atoms with Crippen LogP contribution < -0.4 is 14.9 Å². The van der Waals surface area contributed by atoms with Gasteiger partial charge in [0.15, 0.2) is 0 Å². The van der Waals surface area contributed by atoms with Crippen LogP contribution in [0.2, 0.25) is 5.02 Å². The van der Waals surface area contributed by atoms with Gasteiger partial charge in [0.05, 0.1) is 24.1 Å². The summed E-state index contributed by atoms with van der Waals surface area (Å²) in [5, 5.41) is 14.9. The van der Waals surface area contributed by atoms with Gasteiger partial charge in [0.1, 0.15) is 24.7 Å². The maximum Gasteiger partial charge on any atom is 0.411 e. The van der Waals surface area contributed by atoms with Gasteiger partial charge in [-0.25, -0.2) is 9.78 Å². The van der Waals surface area contributed by atoms with Gasteiger partial charge < -0.3 is 14.5 Å². The molecule has 1 unspecified atom stereocenters. The van der Waals surface area contributed by atoms with E-state index in [1.165, 1.54) is 7.11 Å². The molecule has 3 heterocycles. The van der Waals surface area contributed by atoms with Crippen molar-refractivity contribution in [2.24, 2.45) is 0 Å². The number of tetrazole rings is 1. The zero-order valence-electron chi connectivity index (χ0n) is 23.9. The third kappa shape index (κ3) is 5.30. The molecule has 6 rings (SSSR count). The molecule has 13 heteroatoms. The molecular formula is C30H30ClN8O4+. The second-order valence-corrected chi connectivity index (χ2v) is 10.6. The Balaban J connectivity index is 1.41. The first-order chi connectivity index (χ1) is 21.0. The van der Waals surface area contributed by atoms with Gasteiger partial charge in [-0.1, -0.05) is 23.7 Å². The third-order valence-corrected chi connectivity index (χ3v) is 8.06. The molecule has 3 aromatic heterocycles. The molecule has 0 saturated heterocycles. The molecule has 1 amide bonds. The topological polar surface area (TPSA) is 133 Å². The summed E-state index contributed by atoms with van der Waals surface area (Å²) in [5.41, 5.74) is 6.56. The molecule has 0 saturated carbocycles. The number of methoxy groups -OCH3 is 2. The molecule has 2 N–H and O–H groups in total. The molecule has 1 atom stereocenters. The Morgan fingerprint density at radius 2 is 1.98 bits per heavy atom. The van der Waals surface area contributed by atoms with Crippen molar-refractivity contribution in [2.75, 3.05) is 33.3 Å². The SMILES string of the molecule is COCCC1(c2nc(-c3ccc(NC(=O)OC)cc3)c[nH]2)CCc2cc(-c3cc(Cl)ccc3-n3cnnn3)c[n+](OC)c21. The van der Waals surface area contributed by atoms with E-state index in [1.54, 1.807) is 25.2 Å². The number of H-pyrrole nitrogens is 1. The van der Waals surface area contributed by atoms with Crippen LogP contribution in [0.4, 0.5) is 10.5 Å². The van der Waals surface area contributed by atoms with Crippen LogP contribution in [-0.4, -0.2) is 64.2 Å². The van der Waals surface area contributed by atoms with Gasteiger partial charge in [0.25, 0.3) is 5.69 Å². The molecule has 2 aromatic carbocycles. The van der Waals surface area contributed by atoms with E-state index in [9.17, 15) is 4.79 Å². The van der Waals surface area contributed by atoms with Crippen molar-refractivity contribution >= 4 is 23.4 Å². The van der Waals surface area contributed by atoms with Crippen molar-refractivity contribution in [2.45, 2.75) is 24.7 Å². The van der Waals surface area contributed by atoms with Crippen LogP contribution in [0.1, 0.15) is 29.9 Å². The number of aryl methyl sites for hydroxylation is 1. The van der Waals surface area contributed by atoms with E-state index < -0.39 is 11.5 Å². The molecule has 0 radical (unpaired) electrons. The fourth-order valence-electron chi connectivity index (χ4n) is 5.78. The molecular weight excluding hydrogens is 572 g/mol. The Kier molecular flexibility index (Phi) is 7.78. The minimum atomic E-state index is -0.522. The Hall–Kier alpha value is -4.81. The molecule has 1 aliphatic carbocycles. The Morgan fingerprint density at radius 3 is 2.70 bits per heavy atom. The number of anilines is 1. The van der Waals surface area contributed by atoms with Crippen molar-refractivity contribution in [3.63, 3.8) is 0 Å². The van der Waals surface area contributed by atoms with E-state index in [0.29, 0.717) is 23.7 Å². The maximum atomic E-state index is 11.6. The predicted octanol–water partition coefficient (Wildman–Crippen LogP) is 4.17. The molecule has 0 aliphatic heterocycles. The standard InChI is InChI=1S/C30H29ClN8O4/c1-41-13-12-30(28-32-16-25(35-28)19-4-7-23(8-5-19)34-29(40)42-2)11-10-20-14-21(17-39(43-3)27(20)30)24-15-22(31)6-9-26(24)38-18-33-36-37-38/h4-9,14-18H,10-13H2,1-3H3,(H-,32,34,35,36,37,40)/p+1. The van der Waals surface area contributed by atoms with E-state index in [0.717, 1.165) is 58.0 Å². The average Bonchev–Trinajstić information content (AvgIpc) is 3.81. The smallest absolute Gasteiger partial charge is 0.411 e. The van der Waals surface area contributed by atoms with E-state index >= 15 is 0 Å². The lowest BCUT2D eigenvalue weighted by molar-refractivity contribution is -0.891. The number of rotatable bonds is 9. The highest BCUT2D eigenvalue weighted by Gasteiger charge is 2.51. The number of carbonyl (C=O) groups excluding carboxylic acids is 1. The number of fused-ring (bicyclic) bond motifs is 1. The van der Waals surface area contributed by atoms with Crippen LogP contribution in [-0.2, 0) is 21.3 Å². The first-order valence-corrected chi connectivity index (χ1v) is 14.0. The number of halogens is 1. The van der Waals surface area contributed by atoms with Crippen molar-refractivity contribution in [1.29, 1.82) is 0 Å². The quantitative estimate of drug-likeness (QED) is 0.241. The summed E-state index contributed by atoms with van der Waals surface area (Å²) >= 11 is 6.44. The lowest BCUT2D eigenvalue weighted by Crippen LogP contribution is -2.50. The van der Waals surface area contributed by atoms with E-state index in [4.69, 9.17) is 26.2 Å². The average molecular weight is 602 g/mol. The van der Waals surface area contributed by atoms with E-state index in [-0.39, 0.29) is 0 Å². The van der Waals surface area contributed by atoms with Crippen LogP contribution in [0.15, 0.2) is 67.3 Å². The first kappa shape index (κ1) is 28.3. The van der Waals surface area contributed by atoms with Crippen LogP contribution in [0.25, 0.3) is 28.1 Å². The highest BCUT2D eigenvalue weighted by molar-refractivity contribution is 6.31. The minimum absolute atomic E-state index is 0.489. The number of imidazole rings is 1. The number of carbonyl (C=O) groups is 1. The number of ether oxygens (including phenoxy) is 2. The van der Waals surface area contributed by atoms with Crippen molar-refractivity contribution in [1.82, 2.24) is 30.2 Å². The normalized spacial score (nSPS) is 15.7. The Labute approximate surface area is 252 Å². The van der Waals surface area contributed by atoms with Gasteiger partial charge in [-0.3, -0.25) is 10.2 Å². The lowest BCUT2D eigenvalue weighted by Gasteiger charge is -2.24. The largest absolute Gasteiger partial charge is 0.453 e. The number of hydrogen-bond acceptors (Lipinski definition) is 8. The molecule has 1 aliphatic rings. The molecule has 220 valence electrons. The number of nitrogens with zero attached hydrogens (tertiary/aromatic N) is 6. The van der Waals surface area contributed by atoms with Gasteiger partial charge in [-0.2, -0.15) is 4.68 Å². The van der Waals surface area contributed by atoms with Crippen molar-refractivity contribution < 1.29 is 23.8 Å². The van der Waals surface area contributed by atoms with Gasteiger partial charge in [-0.05, 0) is 66.1 Å². The Bertz CT molecular complexity index is 1760. The summed E-state index contributed by atoms with van der Waals surface area (Å²) in [6, 6.07) is 15.2. The van der Waals surface area contributed by atoms with Crippen LogP contribution in [0.5, 0.6) is 0 Å². The monoisotopic (exact) mass is 601 g/mol. The second kappa shape index (κ2) is 11.8. The molecule has 12 nitrogen and oxygen atoms in total. The van der Waals surface area contributed by atoms with E-state index in [1.807, 2.05) is 59.6 Å². The molecule has 0 spiro atoms. The number of aromatic amines is 1. The minimum Gasteiger partial charge on any atom is -0.453 e. The highest BCUT2D eigenvalue weighted by atomic mass is 35.5. The van der Waals surface area contributed by atoms with E-state index in [2.05, 4.69) is 36.6 Å². The Morgan fingerprint density at radius 1 is 1.14 bits per heavy atom. The lowest BCUT2D eigenvalue weighted by atomic mass is 9.80. The predicted molar refractivity (Wildman–Crippen MR) is 158 cm³/mol. The van der Waals surface area contributed by atoms with Gasteiger partial charge in [-0.15, -0.1) is 5.10 Å². The fraction of sp³-hybridized carbons (Fsp3) is 0.267. The summed E-state index contributed by atoms with van der Waals surface area (Å²) < 4.78 is 13.7. The number of nitrogens with one attached hydrogen (secondary N) is 2. The van der Waals surface area contributed by atoms with Gasteiger partial charge in [0, 0.05) is 52.0 Å². The van der Waals surface area contributed by atoms with Gasteiger partial charge >= 0.3 is 6.09 Å². The summed E-state index contributed by atoms with van der Waals surface area (Å²) in [6.07, 6.45) is 7.21. The third-order valence-electron chi connectivity index (χ3n) is 7.82. The number of benzene rings is 2. The second-order valence-electron chi connectivity index (χ2n) is 10.2. The van der Waals surface area contributed by atoms with Crippen molar-refractivity contribution in [3.8, 4) is 28.1 Å². The van der Waals surface area contributed by atoms with Gasteiger partial charge in [0.2, 0.25) is 6.20 Å². The summed E-state index contributed by atoms with van der Waals surface area (Å²) in [5.74, 6) is 0.825. The van der Waals surface area contributed by atoms with Crippen LogP contribution >= 0.6 is 11.6 Å². The molecule has 5 aromatic rings. The zero-order chi connectivity index (χ0) is 30.0. The summed E-state index contributed by atoms with van der Waals surface area (Å²) in [6.45, 7) is 0.534. The number of pyridine rings is 1. The maximum absolute atomic E-state index is 11.6. The summed E-state index contributed by atoms with van der Waals surface area (Å²) in [4.78, 5) is 26.1. The number of hydrogen-bond donors (Lipinski definition) is 2. The molecule has 43 heavy (non-hydrogen) atoms. The van der Waals surface area contributed by atoms with Crippen molar-refractivity contribution in [3.05, 3.63) is 89.4 Å². The first-order valence-electron chi connectivity index (χ1n) is 13.6. The van der Waals surface area contributed by atoms with Crippen LogP contribution in [0, 0.1) is 0 Å². The molecule has 0 bridgehead atoms.